The smallest absolute Gasteiger partial charge is 0.244 e. The number of piperazine rings is 1. The van der Waals surface area contributed by atoms with Crippen LogP contribution in [-0.4, -0.2) is 48.9 Å². The molecule has 0 spiro atoms. The summed E-state index contributed by atoms with van der Waals surface area (Å²) in [6, 6.07) is 9.75. The highest BCUT2D eigenvalue weighted by atomic mass is 16.2. The average molecular weight is 275 g/mol. The minimum Gasteiger partial charge on any atom is -0.368 e. The van der Waals surface area contributed by atoms with Crippen LogP contribution in [0.1, 0.15) is 13.8 Å². The predicted octanol–water partition coefficient (Wildman–Crippen LogP) is 0.860. The summed E-state index contributed by atoms with van der Waals surface area (Å²) in [4.78, 5) is 27.2. The number of anilines is 1. The van der Waals surface area contributed by atoms with Gasteiger partial charge in [0.05, 0.1) is 0 Å². The Morgan fingerprint density at radius 3 is 2.25 bits per heavy atom. The summed E-state index contributed by atoms with van der Waals surface area (Å²) in [6.07, 6.45) is 0. The molecule has 1 saturated heterocycles. The quantitative estimate of drug-likeness (QED) is 0.890. The van der Waals surface area contributed by atoms with Gasteiger partial charge in [0.1, 0.15) is 6.04 Å². The minimum atomic E-state index is -0.448. The summed E-state index contributed by atoms with van der Waals surface area (Å²) >= 11 is 0. The molecule has 0 aromatic heterocycles. The second kappa shape index (κ2) is 6.41. The Kier molecular flexibility index (Phi) is 4.61. The van der Waals surface area contributed by atoms with Crippen LogP contribution >= 0.6 is 0 Å². The number of hydrogen-bond acceptors (Lipinski definition) is 3. The van der Waals surface area contributed by atoms with E-state index >= 15 is 0 Å². The van der Waals surface area contributed by atoms with Crippen molar-refractivity contribution in [1.29, 1.82) is 0 Å². The van der Waals surface area contributed by atoms with Crippen molar-refractivity contribution in [3.05, 3.63) is 30.3 Å². The van der Waals surface area contributed by atoms with Crippen molar-refractivity contribution in [3.63, 3.8) is 0 Å². The van der Waals surface area contributed by atoms with Crippen molar-refractivity contribution in [2.24, 2.45) is 0 Å². The molecule has 2 amide bonds. The lowest BCUT2D eigenvalue weighted by Gasteiger charge is -2.37. The molecule has 1 aliphatic heterocycles. The van der Waals surface area contributed by atoms with Gasteiger partial charge in [-0.3, -0.25) is 9.59 Å². The van der Waals surface area contributed by atoms with Gasteiger partial charge >= 0.3 is 0 Å². The molecule has 0 saturated carbocycles. The maximum atomic E-state index is 12.2. The van der Waals surface area contributed by atoms with Gasteiger partial charge in [-0.2, -0.15) is 0 Å². The van der Waals surface area contributed by atoms with E-state index in [1.54, 1.807) is 6.92 Å². The first kappa shape index (κ1) is 14.4. The van der Waals surface area contributed by atoms with Crippen molar-refractivity contribution in [1.82, 2.24) is 10.2 Å². The molecule has 1 aliphatic rings. The van der Waals surface area contributed by atoms with Gasteiger partial charge in [0, 0.05) is 38.8 Å². The Labute approximate surface area is 119 Å². The largest absolute Gasteiger partial charge is 0.368 e. The Hall–Kier alpha value is -2.04. The number of rotatable bonds is 3. The van der Waals surface area contributed by atoms with Gasteiger partial charge in [-0.25, -0.2) is 0 Å². The first-order valence-electron chi connectivity index (χ1n) is 6.94. The van der Waals surface area contributed by atoms with E-state index < -0.39 is 6.04 Å². The van der Waals surface area contributed by atoms with E-state index in [1.165, 1.54) is 12.6 Å². The van der Waals surface area contributed by atoms with Gasteiger partial charge in [0.15, 0.2) is 0 Å². The van der Waals surface area contributed by atoms with Crippen LogP contribution in [0.25, 0.3) is 0 Å². The van der Waals surface area contributed by atoms with E-state index in [0.29, 0.717) is 13.1 Å². The standard InChI is InChI=1S/C15H21N3O2/c1-12(16-13(2)19)15(20)18-10-8-17(9-11-18)14-6-4-3-5-7-14/h3-7,12H,8-11H2,1-2H3,(H,16,19)/t12-/m0/s1. The van der Waals surface area contributed by atoms with Crippen LogP contribution in [0.3, 0.4) is 0 Å². The normalized spacial score (nSPS) is 16.7. The van der Waals surface area contributed by atoms with E-state index in [4.69, 9.17) is 0 Å². The lowest BCUT2D eigenvalue weighted by molar-refractivity contribution is -0.135. The molecule has 0 unspecified atom stereocenters. The number of carbonyl (C=O) groups excluding carboxylic acids is 2. The molecule has 5 nitrogen and oxygen atoms in total. The molecule has 2 rings (SSSR count). The molecule has 0 aliphatic carbocycles. The first-order valence-corrected chi connectivity index (χ1v) is 6.94. The first-order chi connectivity index (χ1) is 9.58. The summed E-state index contributed by atoms with van der Waals surface area (Å²) in [5.41, 5.74) is 1.19. The fraction of sp³-hybridized carbons (Fsp3) is 0.467. The van der Waals surface area contributed by atoms with Gasteiger partial charge in [0.2, 0.25) is 11.8 Å². The number of benzene rings is 1. The zero-order chi connectivity index (χ0) is 14.5. The lowest BCUT2D eigenvalue weighted by Crippen LogP contribution is -2.54. The summed E-state index contributed by atoms with van der Waals surface area (Å²) < 4.78 is 0. The van der Waals surface area contributed by atoms with Crippen LogP contribution in [0.15, 0.2) is 30.3 Å². The summed E-state index contributed by atoms with van der Waals surface area (Å²) in [5, 5.41) is 2.64. The van der Waals surface area contributed by atoms with Gasteiger partial charge in [-0.1, -0.05) is 18.2 Å². The third-order valence-electron chi connectivity index (χ3n) is 3.50. The molecule has 0 bridgehead atoms. The summed E-state index contributed by atoms with van der Waals surface area (Å²) in [5.74, 6) is -0.179. The molecule has 1 aromatic rings. The van der Waals surface area contributed by atoms with Crippen LogP contribution in [-0.2, 0) is 9.59 Å². The predicted molar refractivity (Wildman–Crippen MR) is 78.5 cm³/mol. The van der Waals surface area contributed by atoms with Gasteiger partial charge in [-0.15, -0.1) is 0 Å². The number of amides is 2. The highest BCUT2D eigenvalue weighted by Gasteiger charge is 2.25. The molecule has 5 heteroatoms. The molecule has 1 heterocycles. The second-order valence-corrected chi connectivity index (χ2v) is 5.07. The zero-order valence-corrected chi connectivity index (χ0v) is 12.0. The Balaban J connectivity index is 1.88. The maximum absolute atomic E-state index is 12.2. The highest BCUT2D eigenvalue weighted by Crippen LogP contribution is 2.15. The van der Waals surface area contributed by atoms with Crippen molar-refractivity contribution in [2.45, 2.75) is 19.9 Å². The molecule has 1 aromatic carbocycles. The monoisotopic (exact) mass is 275 g/mol. The zero-order valence-electron chi connectivity index (χ0n) is 12.0. The SMILES string of the molecule is CC(=O)N[C@@H](C)C(=O)N1CCN(c2ccccc2)CC1. The van der Waals surface area contributed by atoms with E-state index in [0.717, 1.165) is 13.1 Å². The molecule has 1 N–H and O–H groups in total. The van der Waals surface area contributed by atoms with Gasteiger partial charge in [-0.05, 0) is 19.1 Å². The third kappa shape index (κ3) is 3.50. The van der Waals surface area contributed by atoms with Crippen LogP contribution in [0, 0.1) is 0 Å². The van der Waals surface area contributed by atoms with Crippen LogP contribution in [0.4, 0.5) is 5.69 Å². The highest BCUT2D eigenvalue weighted by molar-refractivity contribution is 5.86. The third-order valence-corrected chi connectivity index (χ3v) is 3.50. The number of nitrogens with zero attached hydrogens (tertiary/aromatic N) is 2. The molecular weight excluding hydrogens is 254 g/mol. The van der Waals surface area contributed by atoms with Gasteiger partial charge in [0.25, 0.3) is 0 Å². The molecule has 1 atom stereocenters. The maximum Gasteiger partial charge on any atom is 0.244 e. The lowest BCUT2D eigenvalue weighted by atomic mass is 10.2. The number of para-hydroxylation sites is 1. The molecule has 20 heavy (non-hydrogen) atoms. The molecule has 1 fully saturated rings. The van der Waals surface area contributed by atoms with Crippen molar-refractivity contribution < 1.29 is 9.59 Å². The Morgan fingerprint density at radius 2 is 1.70 bits per heavy atom. The van der Waals surface area contributed by atoms with Crippen LogP contribution < -0.4 is 10.2 Å². The van der Waals surface area contributed by atoms with Crippen LogP contribution in [0.5, 0.6) is 0 Å². The molecular formula is C15H21N3O2. The average Bonchev–Trinajstić information content (AvgIpc) is 2.47. The van der Waals surface area contributed by atoms with E-state index in [-0.39, 0.29) is 11.8 Å². The Bertz CT molecular complexity index is 467. The Morgan fingerprint density at radius 1 is 1.10 bits per heavy atom. The molecule has 0 radical (unpaired) electrons. The number of nitrogens with one attached hydrogen (secondary N) is 1. The van der Waals surface area contributed by atoms with E-state index in [2.05, 4.69) is 22.3 Å². The summed E-state index contributed by atoms with van der Waals surface area (Å²) in [6.45, 7) is 6.19. The fourth-order valence-corrected chi connectivity index (χ4v) is 2.46. The fourth-order valence-electron chi connectivity index (χ4n) is 2.46. The minimum absolute atomic E-state index is 0.00656. The topological polar surface area (TPSA) is 52.7 Å². The molecule has 108 valence electrons. The van der Waals surface area contributed by atoms with Crippen LogP contribution in [0.2, 0.25) is 0 Å². The van der Waals surface area contributed by atoms with Crippen molar-refractivity contribution in [2.75, 3.05) is 31.1 Å². The number of hydrogen-bond donors (Lipinski definition) is 1. The van der Waals surface area contributed by atoms with Crippen molar-refractivity contribution >= 4 is 17.5 Å². The van der Waals surface area contributed by atoms with E-state index in [9.17, 15) is 9.59 Å². The van der Waals surface area contributed by atoms with E-state index in [1.807, 2.05) is 23.1 Å². The second-order valence-electron chi connectivity index (χ2n) is 5.07. The van der Waals surface area contributed by atoms with Crippen molar-refractivity contribution in [3.8, 4) is 0 Å². The summed E-state index contributed by atoms with van der Waals surface area (Å²) in [7, 11) is 0. The van der Waals surface area contributed by atoms with Gasteiger partial charge < -0.3 is 15.1 Å². The number of carbonyl (C=O) groups is 2.